The van der Waals surface area contributed by atoms with E-state index in [1.54, 1.807) is 0 Å². The van der Waals surface area contributed by atoms with Crippen molar-refractivity contribution in [2.75, 3.05) is 5.12 Å². The summed E-state index contributed by atoms with van der Waals surface area (Å²) in [6.07, 6.45) is 0.953. The van der Waals surface area contributed by atoms with Gasteiger partial charge in [-0.25, -0.2) is 4.79 Å². The molecule has 21 heavy (non-hydrogen) atoms. The number of nitrogens with zero attached hydrogens (tertiary/aromatic N) is 2. The van der Waals surface area contributed by atoms with Crippen molar-refractivity contribution in [3.8, 4) is 0 Å². The molecule has 0 spiro atoms. The molecule has 1 aromatic rings. The van der Waals surface area contributed by atoms with Gasteiger partial charge in [0, 0.05) is 0 Å². The summed E-state index contributed by atoms with van der Waals surface area (Å²) in [7, 11) is -4.57. The smallest absolute Gasteiger partial charge is 0.338 e. The van der Waals surface area contributed by atoms with E-state index in [9.17, 15) is 17.6 Å². The number of hydrogen-bond acceptors (Lipinski definition) is 7. The molecule has 1 aromatic carbocycles. The van der Waals surface area contributed by atoms with Crippen LogP contribution < -0.4 is 16.3 Å². The van der Waals surface area contributed by atoms with E-state index in [0.29, 0.717) is 0 Å². The monoisotopic (exact) mass is 316 g/mol. The van der Waals surface area contributed by atoms with Gasteiger partial charge in [0.1, 0.15) is 5.70 Å². The fourth-order valence-electron chi connectivity index (χ4n) is 1.52. The van der Waals surface area contributed by atoms with Crippen molar-refractivity contribution >= 4 is 28.0 Å². The zero-order valence-corrected chi connectivity index (χ0v) is 11.0. The second-order valence-electron chi connectivity index (χ2n) is 3.90. The number of halogens is 1. The number of hydrogen-bond donors (Lipinski definition) is 4. The van der Waals surface area contributed by atoms with Gasteiger partial charge in [0.15, 0.2) is 0 Å². The zero-order chi connectivity index (χ0) is 15.8. The van der Waals surface area contributed by atoms with E-state index in [4.69, 9.17) is 15.4 Å². The molecule has 112 valence electrons. The minimum absolute atomic E-state index is 0.145. The van der Waals surface area contributed by atoms with Gasteiger partial charge in [0.25, 0.3) is 10.1 Å². The van der Waals surface area contributed by atoms with Crippen LogP contribution in [-0.2, 0) is 10.1 Å². The van der Waals surface area contributed by atoms with Crippen LogP contribution >= 0.6 is 0 Å². The van der Waals surface area contributed by atoms with Gasteiger partial charge in [-0.15, -0.1) is 0 Å². The zero-order valence-electron chi connectivity index (χ0n) is 10.2. The van der Waals surface area contributed by atoms with E-state index >= 15 is 0 Å². The Morgan fingerprint density at radius 2 is 2.10 bits per heavy atom. The number of benzene rings is 1. The molecule has 2 rings (SSSR count). The van der Waals surface area contributed by atoms with Crippen LogP contribution in [0.15, 0.2) is 39.8 Å². The number of nitrogens with one attached hydrogen (secondary N) is 1. The molecular formula is C10H9FN4O5S. The van der Waals surface area contributed by atoms with E-state index in [1.165, 1.54) is 0 Å². The van der Waals surface area contributed by atoms with Gasteiger partial charge in [0.05, 0.1) is 22.4 Å². The Kier molecular flexibility index (Phi) is 3.53. The van der Waals surface area contributed by atoms with E-state index in [2.05, 4.69) is 10.5 Å². The number of hydrazone groups is 1. The molecule has 5 N–H and O–H groups in total. The first-order valence-corrected chi connectivity index (χ1v) is 6.75. The Bertz CT molecular complexity index is 774. The Morgan fingerprint density at radius 1 is 1.43 bits per heavy atom. The molecule has 1 heterocycles. The van der Waals surface area contributed by atoms with Gasteiger partial charge in [-0.05, 0) is 18.2 Å². The predicted molar refractivity (Wildman–Crippen MR) is 69.6 cm³/mol. The Labute approximate surface area is 117 Å². The van der Waals surface area contributed by atoms with Crippen LogP contribution in [0, 0.1) is 0 Å². The molecule has 1 aliphatic heterocycles. The average molecular weight is 316 g/mol. The fourth-order valence-corrected chi connectivity index (χ4v) is 2.02. The molecule has 0 saturated carbocycles. The fraction of sp³-hybridized carbons (Fsp3) is 0. The van der Waals surface area contributed by atoms with Crippen molar-refractivity contribution in [2.45, 2.75) is 4.90 Å². The second-order valence-corrected chi connectivity index (χ2v) is 5.32. The van der Waals surface area contributed by atoms with Gasteiger partial charge in [0.2, 0.25) is 5.95 Å². The first kappa shape index (κ1) is 14.7. The van der Waals surface area contributed by atoms with Crippen molar-refractivity contribution in [3.63, 3.8) is 0 Å². The van der Waals surface area contributed by atoms with E-state index < -0.39 is 32.5 Å². The maximum atomic E-state index is 13.3. The van der Waals surface area contributed by atoms with E-state index in [0.717, 1.165) is 29.5 Å². The lowest BCUT2D eigenvalue weighted by molar-refractivity contribution is 0.0697. The molecule has 0 aromatic heterocycles. The summed E-state index contributed by atoms with van der Waals surface area (Å²) in [4.78, 5) is 10.6. The number of anilines is 1. The highest BCUT2D eigenvalue weighted by Crippen LogP contribution is 2.25. The number of aromatic carboxylic acids is 1. The number of nitrogens with two attached hydrogens (primary N) is 1. The normalized spacial score (nSPS) is 15.0. The van der Waals surface area contributed by atoms with Crippen LogP contribution in [0.1, 0.15) is 10.4 Å². The molecule has 0 fully saturated rings. The van der Waals surface area contributed by atoms with E-state index in [1.807, 2.05) is 0 Å². The summed E-state index contributed by atoms with van der Waals surface area (Å²) in [5.74, 6) is -2.43. The van der Waals surface area contributed by atoms with Crippen molar-refractivity contribution in [1.82, 2.24) is 5.43 Å². The molecular weight excluding hydrogens is 307 g/mol. The summed E-state index contributed by atoms with van der Waals surface area (Å²) in [6, 6.07) is 2.73. The van der Waals surface area contributed by atoms with Crippen LogP contribution in [0.25, 0.3) is 0 Å². The molecule has 1 aliphatic rings. The molecule has 9 nitrogen and oxygen atoms in total. The molecule has 0 amide bonds. The van der Waals surface area contributed by atoms with Crippen molar-refractivity contribution in [2.24, 2.45) is 10.8 Å². The maximum Gasteiger partial charge on any atom is 0.338 e. The summed E-state index contributed by atoms with van der Waals surface area (Å²) in [6.45, 7) is 0. The number of allylic oxidation sites excluding steroid dienone is 1. The summed E-state index contributed by atoms with van der Waals surface area (Å²) in [5.41, 5.74) is 6.38. The third-order valence-electron chi connectivity index (χ3n) is 2.49. The molecule has 11 heteroatoms. The molecule has 0 unspecified atom stereocenters. The lowest BCUT2D eigenvalue weighted by Crippen LogP contribution is -2.37. The van der Waals surface area contributed by atoms with Gasteiger partial charge in [-0.2, -0.15) is 23.0 Å². The molecule has 0 aliphatic carbocycles. The Hall–Kier alpha value is -2.66. The Morgan fingerprint density at radius 3 is 2.62 bits per heavy atom. The van der Waals surface area contributed by atoms with Crippen LogP contribution in [0.2, 0.25) is 0 Å². The third-order valence-corrected chi connectivity index (χ3v) is 3.34. The maximum absolute atomic E-state index is 13.3. The summed E-state index contributed by atoms with van der Waals surface area (Å²) in [5, 5.41) is 13.5. The molecule has 0 radical (unpaired) electrons. The van der Waals surface area contributed by atoms with Crippen molar-refractivity contribution < 1.29 is 27.3 Å². The Balaban J connectivity index is 2.51. The van der Waals surface area contributed by atoms with Gasteiger partial charge >= 0.3 is 5.97 Å². The minimum atomic E-state index is -4.57. The van der Waals surface area contributed by atoms with Crippen LogP contribution in [0.5, 0.6) is 0 Å². The van der Waals surface area contributed by atoms with Gasteiger partial charge < -0.3 is 10.8 Å². The lowest BCUT2D eigenvalue weighted by Gasteiger charge is -2.24. The highest BCUT2D eigenvalue weighted by Gasteiger charge is 2.22. The first-order valence-electron chi connectivity index (χ1n) is 5.31. The average Bonchev–Trinajstić information content (AvgIpc) is 2.40. The van der Waals surface area contributed by atoms with Gasteiger partial charge in [-0.1, -0.05) is 0 Å². The quantitative estimate of drug-likeness (QED) is 0.451. The van der Waals surface area contributed by atoms with E-state index in [-0.39, 0.29) is 11.4 Å². The van der Waals surface area contributed by atoms with Crippen LogP contribution in [0.3, 0.4) is 0 Å². The SMILES string of the molecule is NC1=C(F)NN(c2ccc(S(=O)(=O)O)cc2C(=O)O)N=C1. The van der Waals surface area contributed by atoms with Crippen LogP contribution in [0.4, 0.5) is 10.1 Å². The minimum Gasteiger partial charge on any atom is -0.478 e. The number of hydrazine groups is 1. The topological polar surface area (TPSA) is 145 Å². The number of carboxylic acid groups (broad SMARTS) is 1. The second kappa shape index (κ2) is 5.03. The number of carboxylic acids is 1. The molecule has 0 atom stereocenters. The number of carbonyl (C=O) groups is 1. The number of rotatable bonds is 3. The molecule has 0 saturated heterocycles. The largest absolute Gasteiger partial charge is 0.478 e. The van der Waals surface area contributed by atoms with Gasteiger partial charge in [-0.3, -0.25) is 9.98 Å². The van der Waals surface area contributed by atoms with Crippen LogP contribution in [-0.4, -0.2) is 30.3 Å². The first-order chi connectivity index (χ1) is 9.70. The summed E-state index contributed by atoms with van der Waals surface area (Å²) < 4.78 is 44.3. The molecule has 0 bridgehead atoms. The lowest BCUT2D eigenvalue weighted by atomic mass is 10.2. The van der Waals surface area contributed by atoms with Crippen molar-refractivity contribution in [1.29, 1.82) is 0 Å². The predicted octanol–water partition coefficient (Wildman–Crippen LogP) is 0.0392. The highest BCUT2D eigenvalue weighted by atomic mass is 32.2. The highest BCUT2D eigenvalue weighted by molar-refractivity contribution is 7.85. The summed E-state index contributed by atoms with van der Waals surface area (Å²) >= 11 is 0. The van der Waals surface area contributed by atoms with Crippen molar-refractivity contribution in [3.05, 3.63) is 35.4 Å². The standard InChI is InChI=1S/C10H9FN4O5S/c11-9-7(12)4-13-15(14-9)8-2-1-5(21(18,19)20)3-6(8)10(16)17/h1-4,14H,12H2,(H,16,17)(H,18,19,20). The third kappa shape index (κ3) is 2.93.